The van der Waals surface area contributed by atoms with Crippen molar-refractivity contribution in [3.05, 3.63) is 0 Å². The van der Waals surface area contributed by atoms with Crippen LogP contribution in [0.25, 0.3) is 0 Å². The van der Waals surface area contributed by atoms with Crippen molar-refractivity contribution in [1.29, 1.82) is 0 Å². The monoisotopic (exact) mass is 505 g/mol. The normalized spacial score (nSPS) is 15.4. The highest BCUT2D eigenvalue weighted by Crippen LogP contribution is 2.54. The molecule has 1 atom stereocenters. The van der Waals surface area contributed by atoms with E-state index in [0.29, 0.717) is 0 Å². The molecule has 35 heavy (non-hydrogen) atoms. The first-order valence-electron chi connectivity index (χ1n) is 11.9. The molecule has 0 amide bonds. The highest BCUT2D eigenvalue weighted by atomic mass is 16.6. The molecule has 0 heterocycles. The number of aliphatic carboxylic acids is 2. The van der Waals surface area contributed by atoms with Gasteiger partial charge in [0.25, 0.3) is 0 Å². The van der Waals surface area contributed by atoms with Gasteiger partial charge in [0.05, 0.1) is 36.4 Å². The van der Waals surface area contributed by atoms with Crippen LogP contribution in [-0.4, -0.2) is 73.9 Å². The molecule has 10 nitrogen and oxygen atoms in total. The molecule has 10 heteroatoms. The Hall–Kier alpha value is -1.75. The van der Waals surface area contributed by atoms with E-state index in [4.69, 9.17) is 15.2 Å². The van der Waals surface area contributed by atoms with E-state index >= 15 is 0 Å². The van der Waals surface area contributed by atoms with Gasteiger partial charge >= 0.3 is 17.9 Å². The van der Waals surface area contributed by atoms with Gasteiger partial charge in [-0.25, -0.2) is 0 Å². The van der Waals surface area contributed by atoms with Crippen molar-refractivity contribution >= 4 is 17.9 Å². The average molecular weight is 506 g/mol. The van der Waals surface area contributed by atoms with Crippen LogP contribution in [0.5, 0.6) is 0 Å². The molecule has 1 unspecified atom stereocenters. The molecule has 0 bridgehead atoms. The van der Waals surface area contributed by atoms with Gasteiger partial charge in [-0.2, -0.15) is 0 Å². The summed E-state index contributed by atoms with van der Waals surface area (Å²) in [5.41, 5.74) is -1.75. The molecule has 0 saturated carbocycles. The van der Waals surface area contributed by atoms with Gasteiger partial charge in [0.2, 0.25) is 0 Å². The molecule has 0 aliphatic heterocycles. The number of ether oxygens (including phenoxy) is 2. The maximum absolute atomic E-state index is 12.3. The molecule has 0 fully saturated rings. The number of carbonyl (C=O) groups excluding carboxylic acids is 1. The maximum Gasteiger partial charge on any atom is 0.308 e. The summed E-state index contributed by atoms with van der Waals surface area (Å²) < 4.78 is 11.0. The number of hydrogen-bond acceptors (Lipinski definition) is 8. The lowest BCUT2D eigenvalue weighted by Gasteiger charge is -2.63. The third-order valence-electron chi connectivity index (χ3n) is 6.35. The van der Waals surface area contributed by atoms with Crippen LogP contribution in [0.4, 0.5) is 0 Å². The number of carbonyl (C=O) groups is 3. The number of rotatable bonds is 13. The summed E-state index contributed by atoms with van der Waals surface area (Å²) in [4.78, 5) is 34.9. The molecule has 0 spiro atoms. The Morgan fingerprint density at radius 1 is 0.743 bits per heavy atom. The van der Waals surface area contributed by atoms with E-state index in [1.807, 2.05) is 0 Å². The predicted molar refractivity (Wildman–Crippen MR) is 131 cm³/mol. The van der Waals surface area contributed by atoms with E-state index in [2.05, 4.69) is 0 Å². The number of carboxylic acids is 2. The predicted octanol–water partition coefficient (Wildman–Crippen LogP) is 2.72. The molecule has 6 N–H and O–H groups in total. The van der Waals surface area contributed by atoms with Crippen LogP contribution in [0.1, 0.15) is 94.4 Å². The molecule has 0 radical (unpaired) electrons. The van der Waals surface area contributed by atoms with Crippen LogP contribution in [0.2, 0.25) is 0 Å². The van der Waals surface area contributed by atoms with E-state index in [9.17, 15) is 34.8 Å². The third-order valence-corrected chi connectivity index (χ3v) is 6.35. The molecule has 0 aliphatic rings. The Labute approximate surface area is 209 Å². The van der Waals surface area contributed by atoms with Crippen LogP contribution >= 0.6 is 0 Å². The van der Waals surface area contributed by atoms with Gasteiger partial charge in [0, 0.05) is 12.8 Å². The van der Waals surface area contributed by atoms with Gasteiger partial charge in [-0.15, -0.1) is 0 Å². The first kappa shape index (κ1) is 33.2. The van der Waals surface area contributed by atoms with Gasteiger partial charge in [0.15, 0.2) is 0 Å². The smallest absolute Gasteiger partial charge is 0.308 e. The van der Waals surface area contributed by atoms with Gasteiger partial charge in [0.1, 0.15) is 5.60 Å². The Morgan fingerprint density at radius 3 is 1.46 bits per heavy atom. The van der Waals surface area contributed by atoms with Crippen molar-refractivity contribution in [3.63, 3.8) is 0 Å². The first-order chi connectivity index (χ1) is 15.4. The van der Waals surface area contributed by atoms with Crippen molar-refractivity contribution in [2.45, 2.75) is 117 Å². The Morgan fingerprint density at radius 2 is 1.14 bits per heavy atom. The third kappa shape index (κ3) is 8.41. The second-order valence-corrected chi connectivity index (χ2v) is 12.4. The molecule has 0 aromatic heterocycles. The lowest BCUT2D eigenvalue weighted by molar-refractivity contribution is -0.252. The SMILES string of the molecule is CC(C)(C)OC(=O)CCOCC(N)(C(O)(CCC(=O)O)CCC(=O)O)C(O)(C(C)(C)C)C(C)(C)C. The van der Waals surface area contributed by atoms with Gasteiger partial charge in [-0.05, 0) is 44.4 Å². The average Bonchev–Trinajstić information content (AvgIpc) is 2.63. The first-order valence-corrected chi connectivity index (χ1v) is 11.9. The molecular formula is C25H47NO9. The number of carboxylic acid groups (broad SMARTS) is 2. The fourth-order valence-corrected chi connectivity index (χ4v) is 5.02. The summed E-state index contributed by atoms with van der Waals surface area (Å²) in [5.74, 6) is -2.92. The minimum Gasteiger partial charge on any atom is -0.481 e. The van der Waals surface area contributed by atoms with E-state index in [-0.39, 0.29) is 13.0 Å². The highest BCUT2D eigenvalue weighted by Gasteiger charge is 2.68. The maximum atomic E-state index is 12.3. The minimum atomic E-state index is -2.13. The van der Waals surface area contributed by atoms with Crippen LogP contribution in [0.15, 0.2) is 0 Å². The molecule has 0 rings (SSSR count). The number of esters is 1. The minimum absolute atomic E-state index is 0.112. The zero-order valence-electron chi connectivity index (χ0n) is 22.9. The molecule has 0 aromatic rings. The van der Waals surface area contributed by atoms with Crippen molar-refractivity contribution in [3.8, 4) is 0 Å². The van der Waals surface area contributed by atoms with Crippen LogP contribution < -0.4 is 5.73 Å². The van der Waals surface area contributed by atoms with Crippen molar-refractivity contribution in [2.75, 3.05) is 13.2 Å². The summed E-state index contributed by atoms with van der Waals surface area (Å²) >= 11 is 0. The van der Waals surface area contributed by atoms with Gasteiger partial charge in [-0.3, -0.25) is 14.4 Å². The van der Waals surface area contributed by atoms with Crippen LogP contribution in [-0.2, 0) is 23.9 Å². The lowest BCUT2D eigenvalue weighted by atomic mass is 9.49. The van der Waals surface area contributed by atoms with Crippen LogP contribution in [0, 0.1) is 10.8 Å². The fraction of sp³-hybridized carbons (Fsp3) is 0.880. The summed E-state index contributed by atoms with van der Waals surface area (Å²) in [6.45, 7) is 15.0. The largest absolute Gasteiger partial charge is 0.481 e. The zero-order chi connectivity index (χ0) is 28.1. The Bertz CT molecular complexity index is 712. The summed E-state index contributed by atoms with van der Waals surface area (Å²) in [7, 11) is 0. The molecule has 0 saturated heterocycles. The quantitative estimate of drug-likeness (QED) is 0.185. The topological polar surface area (TPSA) is 177 Å². The van der Waals surface area contributed by atoms with Gasteiger partial charge in [-0.1, -0.05) is 41.5 Å². The fourth-order valence-electron chi connectivity index (χ4n) is 5.02. The Balaban J connectivity index is 6.48. The van der Waals surface area contributed by atoms with E-state index in [1.165, 1.54) is 0 Å². The zero-order valence-corrected chi connectivity index (χ0v) is 22.9. The standard InChI is InChI=1S/C25H47NO9/c1-20(2,3)25(33,21(4,5)6)24(26,16-34-15-12-19(31)35-22(7,8)9)23(32,13-10-17(27)28)14-11-18(29)30/h32-33H,10-16,26H2,1-9H3,(H,27,28)(H,29,30). The van der Waals surface area contributed by atoms with E-state index in [0.717, 1.165) is 0 Å². The summed E-state index contributed by atoms with van der Waals surface area (Å²) in [6, 6.07) is 0. The second kappa shape index (κ2) is 11.5. The molecule has 0 aromatic carbocycles. The van der Waals surface area contributed by atoms with Crippen molar-refractivity contribution < 1.29 is 44.3 Å². The Kier molecular flexibility index (Phi) is 11.0. The molecule has 0 aliphatic carbocycles. The summed E-state index contributed by atoms with van der Waals surface area (Å²) in [6.07, 6.45) is -1.93. The van der Waals surface area contributed by atoms with Crippen LogP contribution in [0.3, 0.4) is 0 Å². The van der Waals surface area contributed by atoms with E-state index in [1.54, 1.807) is 62.3 Å². The number of hydrogen-bond donors (Lipinski definition) is 5. The van der Waals surface area contributed by atoms with Crippen molar-refractivity contribution in [2.24, 2.45) is 16.6 Å². The lowest BCUT2D eigenvalue weighted by Crippen LogP contribution is -2.82. The van der Waals surface area contributed by atoms with Gasteiger partial charge < -0.3 is 35.6 Å². The van der Waals surface area contributed by atoms with E-state index < -0.39 is 83.4 Å². The number of aliphatic hydroxyl groups is 2. The molecule has 206 valence electrons. The second-order valence-electron chi connectivity index (χ2n) is 12.4. The highest BCUT2D eigenvalue weighted by molar-refractivity contribution is 5.70. The summed E-state index contributed by atoms with van der Waals surface area (Å²) in [5, 5.41) is 42.7. The van der Waals surface area contributed by atoms with Crippen molar-refractivity contribution in [1.82, 2.24) is 0 Å². The molecular weight excluding hydrogens is 458 g/mol. The number of nitrogens with two attached hydrogens (primary N) is 1.